The number of aromatic carboxylic acids is 1. The van der Waals surface area contributed by atoms with Crippen LogP contribution < -0.4 is 0 Å². The quantitative estimate of drug-likeness (QED) is 0.913. The van der Waals surface area contributed by atoms with Gasteiger partial charge < -0.3 is 5.11 Å². The Kier molecular flexibility index (Phi) is 3.34. The first-order chi connectivity index (χ1) is 9.24. The second-order valence-corrected chi connectivity index (χ2v) is 5.82. The van der Waals surface area contributed by atoms with E-state index in [1.807, 2.05) is 12.1 Å². The number of hydrogen-bond donors (Lipinski definition) is 1. The largest absolute Gasteiger partial charge is 0.478 e. The molecule has 0 spiro atoms. The van der Waals surface area contributed by atoms with E-state index < -0.39 is 5.97 Å². The molecular weight excluding hydrogens is 258 g/mol. The summed E-state index contributed by atoms with van der Waals surface area (Å²) in [5.41, 5.74) is 2.27. The van der Waals surface area contributed by atoms with Crippen molar-refractivity contribution in [2.75, 3.05) is 0 Å². The first-order valence-corrected chi connectivity index (χ1v) is 7.41. The van der Waals surface area contributed by atoms with Gasteiger partial charge in [0.1, 0.15) is 0 Å². The molecule has 1 fully saturated rings. The monoisotopic (exact) mass is 273 g/mol. The first-order valence-electron chi connectivity index (χ1n) is 6.53. The van der Waals surface area contributed by atoms with E-state index in [1.54, 1.807) is 23.5 Å². The standard InChI is InChI=1S/C15H15NO2S/c17-15(18)12-7-5-10(6-8-12)13-9-19-14(16-13)11-3-1-2-4-11/h5-9,11H,1-4H2,(H,17,18). The molecule has 0 unspecified atom stereocenters. The SMILES string of the molecule is O=C(O)c1ccc(-c2csc(C3CCCC3)n2)cc1. The minimum absolute atomic E-state index is 0.315. The fourth-order valence-electron chi connectivity index (χ4n) is 2.56. The summed E-state index contributed by atoms with van der Waals surface area (Å²) in [6.45, 7) is 0. The lowest BCUT2D eigenvalue weighted by Crippen LogP contribution is -1.95. The predicted molar refractivity (Wildman–Crippen MR) is 75.7 cm³/mol. The molecule has 1 aromatic heterocycles. The molecule has 1 aliphatic rings. The van der Waals surface area contributed by atoms with Crippen LogP contribution in [0.25, 0.3) is 11.3 Å². The van der Waals surface area contributed by atoms with Crippen LogP contribution in [-0.4, -0.2) is 16.1 Å². The predicted octanol–water partition coefficient (Wildman–Crippen LogP) is 4.17. The normalized spacial score (nSPS) is 15.8. The van der Waals surface area contributed by atoms with Crippen molar-refractivity contribution in [3.8, 4) is 11.3 Å². The summed E-state index contributed by atoms with van der Waals surface area (Å²) in [6, 6.07) is 6.92. The van der Waals surface area contributed by atoms with E-state index in [0.717, 1.165) is 11.3 Å². The maximum absolute atomic E-state index is 10.8. The van der Waals surface area contributed by atoms with Crippen molar-refractivity contribution < 1.29 is 9.90 Å². The van der Waals surface area contributed by atoms with Crippen LogP contribution in [0.15, 0.2) is 29.6 Å². The fraction of sp³-hybridized carbons (Fsp3) is 0.333. The Hall–Kier alpha value is -1.68. The second-order valence-electron chi connectivity index (χ2n) is 4.93. The number of carboxylic acid groups (broad SMARTS) is 1. The van der Waals surface area contributed by atoms with E-state index in [-0.39, 0.29) is 0 Å². The van der Waals surface area contributed by atoms with Crippen molar-refractivity contribution in [2.45, 2.75) is 31.6 Å². The van der Waals surface area contributed by atoms with E-state index in [0.29, 0.717) is 11.5 Å². The van der Waals surface area contributed by atoms with E-state index >= 15 is 0 Å². The van der Waals surface area contributed by atoms with Crippen molar-refractivity contribution in [1.29, 1.82) is 0 Å². The van der Waals surface area contributed by atoms with Gasteiger partial charge in [0, 0.05) is 16.9 Å². The second kappa shape index (κ2) is 5.13. The van der Waals surface area contributed by atoms with Gasteiger partial charge in [-0.2, -0.15) is 0 Å². The highest BCUT2D eigenvalue weighted by Gasteiger charge is 2.20. The molecular formula is C15H15NO2S. The molecule has 0 bridgehead atoms. The van der Waals surface area contributed by atoms with Crippen molar-refractivity contribution in [3.63, 3.8) is 0 Å². The zero-order chi connectivity index (χ0) is 13.2. The van der Waals surface area contributed by atoms with Gasteiger partial charge in [0.25, 0.3) is 0 Å². The molecule has 4 heteroatoms. The lowest BCUT2D eigenvalue weighted by atomic mass is 10.1. The van der Waals surface area contributed by atoms with Crippen molar-refractivity contribution in [2.24, 2.45) is 0 Å². The van der Waals surface area contributed by atoms with Crippen LogP contribution in [0.4, 0.5) is 0 Å². The molecule has 0 atom stereocenters. The van der Waals surface area contributed by atoms with Gasteiger partial charge in [-0.15, -0.1) is 11.3 Å². The Morgan fingerprint density at radius 2 is 1.89 bits per heavy atom. The molecule has 1 saturated carbocycles. The average Bonchev–Trinajstić information content (AvgIpc) is 3.10. The molecule has 0 amide bonds. The Morgan fingerprint density at radius 3 is 2.53 bits per heavy atom. The van der Waals surface area contributed by atoms with Crippen molar-refractivity contribution in [1.82, 2.24) is 4.98 Å². The van der Waals surface area contributed by atoms with Gasteiger partial charge in [-0.1, -0.05) is 25.0 Å². The van der Waals surface area contributed by atoms with Gasteiger partial charge in [-0.25, -0.2) is 9.78 Å². The fourth-order valence-corrected chi connectivity index (χ4v) is 3.56. The number of thiazole rings is 1. The van der Waals surface area contributed by atoms with Crippen LogP contribution in [-0.2, 0) is 0 Å². The number of nitrogens with zero attached hydrogens (tertiary/aromatic N) is 1. The van der Waals surface area contributed by atoms with Crippen LogP contribution in [0.1, 0.15) is 47.0 Å². The minimum atomic E-state index is -0.892. The third-order valence-corrected chi connectivity index (χ3v) is 4.66. The topological polar surface area (TPSA) is 50.2 Å². The average molecular weight is 273 g/mol. The van der Waals surface area contributed by atoms with Crippen molar-refractivity contribution >= 4 is 17.3 Å². The summed E-state index contributed by atoms with van der Waals surface area (Å²) in [6.07, 6.45) is 5.13. The maximum atomic E-state index is 10.8. The van der Waals surface area contributed by atoms with Crippen LogP contribution in [0.2, 0.25) is 0 Å². The Morgan fingerprint density at radius 1 is 1.21 bits per heavy atom. The van der Waals surface area contributed by atoms with Crippen LogP contribution >= 0.6 is 11.3 Å². The lowest BCUT2D eigenvalue weighted by molar-refractivity contribution is 0.0697. The minimum Gasteiger partial charge on any atom is -0.478 e. The summed E-state index contributed by atoms with van der Waals surface area (Å²) < 4.78 is 0. The number of aromatic nitrogens is 1. The Labute approximate surface area is 115 Å². The number of carbonyl (C=O) groups is 1. The summed E-state index contributed by atoms with van der Waals surface area (Å²) in [5.74, 6) is -0.256. The van der Waals surface area contributed by atoms with E-state index in [4.69, 9.17) is 10.1 Å². The van der Waals surface area contributed by atoms with Gasteiger partial charge >= 0.3 is 5.97 Å². The molecule has 1 aliphatic carbocycles. The molecule has 3 rings (SSSR count). The summed E-state index contributed by atoms with van der Waals surface area (Å²) >= 11 is 1.72. The molecule has 98 valence electrons. The molecule has 1 heterocycles. The molecule has 1 N–H and O–H groups in total. The molecule has 2 aromatic rings. The smallest absolute Gasteiger partial charge is 0.335 e. The molecule has 0 radical (unpaired) electrons. The van der Waals surface area contributed by atoms with Gasteiger partial charge in [0.05, 0.1) is 16.3 Å². The van der Waals surface area contributed by atoms with E-state index in [9.17, 15) is 4.79 Å². The lowest BCUT2D eigenvalue weighted by Gasteiger charge is -2.03. The summed E-state index contributed by atoms with van der Waals surface area (Å²) in [7, 11) is 0. The highest BCUT2D eigenvalue weighted by Crippen LogP contribution is 2.37. The number of benzene rings is 1. The molecule has 1 aromatic carbocycles. The van der Waals surface area contributed by atoms with E-state index in [1.165, 1.54) is 30.7 Å². The first kappa shape index (κ1) is 12.4. The summed E-state index contributed by atoms with van der Waals surface area (Å²) in [4.78, 5) is 15.5. The van der Waals surface area contributed by atoms with Crippen LogP contribution in [0, 0.1) is 0 Å². The molecule has 0 aliphatic heterocycles. The molecule has 19 heavy (non-hydrogen) atoms. The Bertz CT molecular complexity index is 582. The maximum Gasteiger partial charge on any atom is 0.335 e. The van der Waals surface area contributed by atoms with Crippen molar-refractivity contribution in [3.05, 3.63) is 40.2 Å². The van der Waals surface area contributed by atoms with Gasteiger partial charge in [0.15, 0.2) is 0 Å². The third kappa shape index (κ3) is 2.54. The highest BCUT2D eigenvalue weighted by molar-refractivity contribution is 7.10. The molecule has 0 saturated heterocycles. The zero-order valence-corrected chi connectivity index (χ0v) is 11.3. The van der Waals surface area contributed by atoms with Crippen LogP contribution in [0.3, 0.4) is 0 Å². The third-order valence-electron chi connectivity index (χ3n) is 3.65. The number of rotatable bonds is 3. The van der Waals surface area contributed by atoms with Gasteiger partial charge in [0.2, 0.25) is 0 Å². The summed E-state index contributed by atoms with van der Waals surface area (Å²) in [5, 5.41) is 12.2. The number of hydrogen-bond acceptors (Lipinski definition) is 3. The van der Waals surface area contributed by atoms with Gasteiger partial charge in [-0.3, -0.25) is 0 Å². The zero-order valence-electron chi connectivity index (χ0n) is 10.5. The highest BCUT2D eigenvalue weighted by atomic mass is 32.1. The van der Waals surface area contributed by atoms with E-state index in [2.05, 4.69) is 5.38 Å². The molecule has 3 nitrogen and oxygen atoms in total. The van der Waals surface area contributed by atoms with Gasteiger partial charge in [-0.05, 0) is 25.0 Å². The number of carboxylic acids is 1. The Balaban J connectivity index is 1.83. The van der Waals surface area contributed by atoms with Crippen LogP contribution in [0.5, 0.6) is 0 Å².